The van der Waals surface area contributed by atoms with Gasteiger partial charge in [-0.05, 0) is 6.92 Å². The highest BCUT2D eigenvalue weighted by Crippen LogP contribution is 2.11. The molecule has 0 aliphatic carbocycles. The van der Waals surface area contributed by atoms with Gasteiger partial charge in [-0.3, -0.25) is 5.73 Å². The van der Waals surface area contributed by atoms with Crippen LogP contribution in [0.2, 0.25) is 0 Å². The third kappa shape index (κ3) is 4.21. The summed E-state index contributed by atoms with van der Waals surface area (Å²) in [5, 5.41) is 0. The van der Waals surface area contributed by atoms with Crippen LogP contribution in [0.1, 0.15) is 6.92 Å². The number of alkyl halides is 3. The van der Waals surface area contributed by atoms with Crippen LogP contribution in [0.5, 0.6) is 0 Å². The molecule has 0 radical (unpaired) electrons. The van der Waals surface area contributed by atoms with Gasteiger partial charge in [-0.1, -0.05) is 0 Å². The van der Waals surface area contributed by atoms with Crippen LogP contribution in [-0.2, 0) is 0 Å². The number of rotatable bonds is 1. The second-order valence-corrected chi connectivity index (χ2v) is 1.45. The lowest BCUT2D eigenvalue weighted by atomic mass is 10.3. The lowest BCUT2D eigenvalue weighted by Gasteiger charge is -2.10. The van der Waals surface area contributed by atoms with Gasteiger partial charge < -0.3 is 0 Å². The Morgan fingerprint density at radius 3 is 1.62 bits per heavy atom. The van der Waals surface area contributed by atoms with Crippen molar-refractivity contribution in [1.29, 1.82) is 0 Å². The van der Waals surface area contributed by atoms with Gasteiger partial charge in [0.2, 0.25) is 5.79 Å². The van der Waals surface area contributed by atoms with Crippen molar-refractivity contribution in [2.75, 3.05) is 0 Å². The van der Waals surface area contributed by atoms with Crippen molar-refractivity contribution in [3.8, 4) is 0 Å². The van der Waals surface area contributed by atoms with Gasteiger partial charge in [-0.2, -0.15) is 0 Å². The van der Waals surface area contributed by atoms with E-state index in [1.807, 2.05) is 0 Å². The van der Waals surface area contributed by atoms with Crippen molar-refractivity contribution in [2.45, 2.75) is 19.1 Å². The van der Waals surface area contributed by atoms with Crippen molar-refractivity contribution in [3.05, 3.63) is 0 Å². The average molecular weight is 150 g/mol. The first kappa shape index (κ1) is 10.9. The SMILES string of the molecule is C[C@](N)(F)C(F)F.Cl. The Morgan fingerprint density at radius 2 is 1.62 bits per heavy atom. The zero-order chi connectivity index (χ0) is 6.08. The third-order valence-electron chi connectivity index (χ3n) is 0.427. The lowest BCUT2D eigenvalue weighted by Crippen LogP contribution is -2.38. The van der Waals surface area contributed by atoms with Crippen molar-refractivity contribution in [2.24, 2.45) is 5.73 Å². The summed E-state index contributed by atoms with van der Waals surface area (Å²) in [4.78, 5) is 0. The molecule has 0 rings (SSSR count). The van der Waals surface area contributed by atoms with E-state index in [0.717, 1.165) is 0 Å². The van der Waals surface area contributed by atoms with Crippen LogP contribution in [0.3, 0.4) is 0 Å². The van der Waals surface area contributed by atoms with Gasteiger partial charge in [-0.15, -0.1) is 12.4 Å². The molecule has 52 valence electrons. The molecule has 0 heterocycles. The highest BCUT2D eigenvalue weighted by Gasteiger charge is 2.28. The maximum atomic E-state index is 11.5. The largest absolute Gasteiger partial charge is 0.295 e. The van der Waals surface area contributed by atoms with E-state index in [-0.39, 0.29) is 12.4 Å². The molecule has 1 nitrogen and oxygen atoms in total. The summed E-state index contributed by atoms with van der Waals surface area (Å²) in [6.45, 7) is 0.623. The molecule has 0 aromatic carbocycles. The Bertz CT molecular complexity index is 60.0. The molecule has 8 heavy (non-hydrogen) atoms. The van der Waals surface area contributed by atoms with Crippen LogP contribution >= 0.6 is 12.4 Å². The number of nitrogens with two attached hydrogens (primary N) is 1. The molecule has 0 aromatic rings. The second kappa shape index (κ2) is 3.14. The normalized spacial score (nSPS) is 17.2. The minimum Gasteiger partial charge on any atom is -0.295 e. The van der Waals surface area contributed by atoms with Gasteiger partial charge in [-0.25, -0.2) is 13.2 Å². The van der Waals surface area contributed by atoms with Crippen molar-refractivity contribution in [1.82, 2.24) is 0 Å². The maximum absolute atomic E-state index is 11.5. The van der Waals surface area contributed by atoms with Crippen molar-refractivity contribution < 1.29 is 13.2 Å². The molecule has 5 heteroatoms. The van der Waals surface area contributed by atoms with E-state index in [9.17, 15) is 13.2 Å². The summed E-state index contributed by atoms with van der Waals surface area (Å²) in [5.74, 6) is -2.83. The molecular formula is C3H7ClF3N. The zero-order valence-electron chi connectivity index (χ0n) is 4.20. The highest BCUT2D eigenvalue weighted by atomic mass is 35.5. The summed E-state index contributed by atoms with van der Waals surface area (Å²) < 4.78 is 33.6. The molecule has 0 amide bonds. The maximum Gasteiger partial charge on any atom is 0.284 e. The molecular weight excluding hydrogens is 142 g/mol. The van der Waals surface area contributed by atoms with Gasteiger partial charge in [0.1, 0.15) is 0 Å². The number of halogens is 4. The Morgan fingerprint density at radius 1 is 1.50 bits per heavy atom. The molecule has 2 N–H and O–H groups in total. The van der Waals surface area contributed by atoms with Crippen molar-refractivity contribution in [3.63, 3.8) is 0 Å². The quantitative estimate of drug-likeness (QED) is 0.559. The highest BCUT2D eigenvalue weighted by molar-refractivity contribution is 5.85. The molecule has 0 saturated carbocycles. The summed E-state index contributed by atoms with van der Waals surface area (Å²) >= 11 is 0. The fourth-order valence-corrected chi connectivity index (χ4v) is 0. The monoisotopic (exact) mass is 149 g/mol. The first-order chi connectivity index (χ1) is 2.94. The Hall–Kier alpha value is 0.0400. The average Bonchev–Trinajstić information content (AvgIpc) is 1.31. The van der Waals surface area contributed by atoms with Crippen LogP contribution in [0.15, 0.2) is 0 Å². The van der Waals surface area contributed by atoms with Crippen LogP contribution < -0.4 is 5.73 Å². The fourth-order valence-electron chi connectivity index (χ4n) is 0. The molecule has 0 bridgehead atoms. The first-order valence-electron chi connectivity index (χ1n) is 1.70. The molecule has 0 unspecified atom stereocenters. The van der Waals surface area contributed by atoms with Gasteiger partial charge in [0.25, 0.3) is 6.43 Å². The van der Waals surface area contributed by atoms with E-state index < -0.39 is 12.2 Å². The van der Waals surface area contributed by atoms with Gasteiger partial charge in [0.15, 0.2) is 0 Å². The standard InChI is InChI=1S/C3H6F3N.ClH/c1-3(6,7)2(4)5;/h2H,7H2,1H3;1H/t3-;/m1./s1. The van der Waals surface area contributed by atoms with E-state index >= 15 is 0 Å². The van der Waals surface area contributed by atoms with E-state index in [1.165, 1.54) is 0 Å². The van der Waals surface area contributed by atoms with Crippen LogP contribution in [0.25, 0.3) is 0 Å². The number of hydrogen-bond donors (Lipinski definition) is 1. The van der Waals surface area contributed by atoms with Gasteiger partial charge >= 0.3 is 0 Å². The molecule has 0 saturated heterocycles. The van der Waals surface area contributed by atoms with E-state index in [0.29, 0.717) is 6.92 Å². The van der Waals surface area contributed by atoms with Crippen LogP contribution in [0, 0.1) is 0 Å². The molecule has 0 fully saturated rings. The Balaban J connectivity index is 0. The van der Waals surface area contributed by atoms with E-state index in [2.05, 4.69) is 5.73 Å². The van der Waals surface area contributed by atoms with Crippen LogP contribution in [0.4, 0.5) is 13.2 Å². The summed E-state index contributed by atoms with van der Waals surface area (Å²) in [5.41, 5.74) is 4.26. The molecule has 0 aliphatic rings. The van der Waals surface area contributed by atoms with E-state index in [1.54, 1.807) is 0 Å². The summed E-state index contributed by atoms with van der Waals surface area (Å²) in [7, 11) is 0. The Labute approximate surface area is 51.5 Å². The molecule has 0 aromatic heterocycles. The smallest absolute Gasteiger partial charge is 0.284 e. The van der Waals surface area contributed by atoms with Crippen LogP contribution in [-0.4, -0.2) is 12.2 Å². The van der Waals surface area contributed by atoms with Gasteiger partial charge in [0.05, 0.1) is 0 Å². The zero-order valence-corrected chi connectivity index (χ0v) is 5.01. The lowest BCUT2D eigenvalue weighted by molar-refractivity contribution is -0.0176. The predicted molar refractivity (Wildman–Crippen MR) is 27.0 cm³/mol. The third-order valence-corrected chi connectivity index (χ3v) is 0.427. The minimum atomic E-state index is -3.09. The number of hydrogen-bond acceptors (Lipinski definition) is 1. The van der Waals surface area contributed by atoms with Gasteiger partial charge in [0, 0.05) is 0 Å². The minimum absolute atomic E-state index is 0. The summed E-state index contributed by atoms with van der Waals surface area (Å²) in [6.07, 6.45) is -3.09. The van der Waals surface area contributed by atoms with E-state index in [4.69, 9.17) is 0 Å². The Kier molecular flexibility index (Phi) is 4.29. The molecule has 0 aliphatic heterocycles. The molecule has 1 atom stereocenters. The topological polar surface area (TPSA) is 26.0 Å². The second-order valence-electron chi connectivity index (χ2n) is 1.45. The fraction of sp³-hybridized carbons (Fsp3) is 1.00. The van der Waals surface area contributed by atoms with Crippen molar-refractivity contribution >= 4 is 12.4 Å². The predicted octanol–water partition coefficient (Wildman–Crippen LogP) is 1.32. The first-order valence-corrected chi connectivity index (χ1v) is 1.70. The summed E-state index contributed by atoms with van der Waals surface area (Å²) in [6, 6.07) is 0. The molecule has 0 spiro atoms.